The molecule has 1 aliphatic heterocycles. The average molecular weight is 213 g/mol. The smallest absolute Gasteiger partial charge is 0.355 e. The summed E-state index contributed by atoms with van der Waals surface area (Å²) < 4.78 is 5.44. The summed E-state index contributed by atoms with van der Waals surface area (Å²) in [5, 5.41) is 9.63. The lowest BCUT2D eigenvalue weighted by molar-refractivity contribution is 0.0689. The number of carboxylic acids is 1. The third kappa shape index (κ3) is 1.65. The third-order valence-electron chi connectivity index (χ3n) is 2.22. The molecular weight excluding hydrogens is 202 g/mol. The minimum Gasteiger partial charge on any atom is -0.476 e. The maximum absolute atomic E-state index is 10.8. The summed E-state index contributed by atoms with van der Waals surface area (Å²) in [5.41, 5.74) is 0.167. The van der Waals surface area contributed by atoms with Gasteiger partial charge >= 0.3 is 5.97 Å². The van der Waals surface area contributed by atoms with E-state index < -0.39 is 5.97 Å². The molecule has 4 nitrogen and oxygen atoms in total. The van der Waals surface area contributed by atoms with Crippen molar-refractivity contribution in [1.82, 2.24) is 4.98 Å². The molecule has 1 saturated heterocycles. The summed E-state index contributed by atoms with van der Waals surface area (Å²) >= 11 is 1.42. The summed E-state index contributed by atoms with van der Waals surface area (Å²) in [4.78, 5) is 15.6. The van der Waals surface area contributed by atoms with Crippen LogP contribution in [0, 0.1) is 6.92 Å². The summed E-state index contributed by atoms with van der Waals surface area (Å²) in [7, 11) is 0. The van der Waals surface area contributed by atoms with Crippen LogP contribution >= 0.6 is 11.3 Å². The van der Waals surface area contributed by atoms with Gasteiger partial charge in [-0.25, -0.2) is 9.78 Å². The van der Waals surface area contributed by atoms with E-state index in [1.165, 1.54) is 11.3 Å². The Hall–Kier alpha value is -0.940. The molecule has 0 aliphatic carbocycles. The molecule has 0 saturated carbocycles. The summed E-state index contributed by atoms with van der Waals surface area (Å²) in [6.45, 7) is 2.53. The standard InChI is InChI=1S/C9H11NO3S/c1-5-7(9(11)12)10-8(14-5)6-3-2-4-13-6/h6H,2-4H2,1H3,(H,11,12). The summed E-state index contributed by atoms with van der Waals surface area (Å²) in [5.74, 6) is -0.956. The summed E-state index contributed by atoms with van der Waals surface area (Å²) in [6.07, 6.45) is 2.00. The Bertz CT molecular complexity index is 355. The molecule has 0 aromatic carbocycles. The average Bonchev–Trinajstić information content (AvgIpc) is 2.70. The number of hydrogen-bond donors (Lipinski definition) is 1. The predicted octanol–water partition coefficient (Wildman–Crippen LogP) is 2.00. The number of carboxylic acid groups (broad SMARTS) is 1. The normalized spacial score (nSPS) is 21.4. The van der Waals surface area contributed by atoms with Gasteiger partial charge in [0.05, 0.1) is 0 Å². The zero-order valence-electron chi connectivity index (χ0n) is 7.82. The molecule has 1 N–H and O–H groups in total. The topological polar surface area (TPSA) is 59.4 Å². The molecule has 14 heavy (non-hydrogen) atoms. The second kappa shape index (κ2) is 3.67. The van der Waals surface area contributed by atoms with Crippen LogP contribution in [-0.2, 0) is 4.74 Å². The fraction of sp³-hybridized carbons (Fsp3) is 0.556. The van der Waals surface area contributed by atoms with Gasteiger partial charge in [-0.15, -0.1) is 11.3 Å². The predicted molar refractivity (Wildman–Crippen MR) is 51.7 cm³/mol. The molecular formula is C9H11NO3S. The van der Waals surface area contributed by atoms with E-state index in [9.17, 15) is 4.79 Å². The third-order valence-corrected chi connectivity index (χ3v) is 3.28. The fourth-order valence-electron chi connectivity index (χ4n) is 1.53. The number of aromatic carboxylic acids is 1. The first kappa shape index (κ1) is 9.61. The van der Waals surface area contributed by atoms with E-state index in [2.05, 4.69) is 4.98 Å². The Morgan fingerprint density at radius 2 is 2.50 bits per heavy atom. The van der Waals surface area contributed by atoms with Crippen LogP contribution in [0.4, 0.5) is 0 Å². The first-order valence-corrected chi connectivity index (χ1v) is 5.32. The molecule has 1 fully saturated rings. The van der Waals surface area contributed by atoms with Gasteiger partial charge in [0, 0.05) is 11.5 Å². The molecule has 0 spiro atoms. The second-order valence-corrected chi connectivity index (χ2v) is 4.50. The van der Waals surface area contributed by atoms with E-state index >= 15 is 0 Å². The zero-order valence-corrected chi connectivity index (χ0v) is 8.63. The molecule has 0 radical (unpaired) electrons. The van der Waals surface area contributed by atoms with Crippen LogP contribution in [0.3, 0.4) is 0 Å². The molecule has 1 aromatic heterocycles. The van der Waals surface area contributed by atoms with E-state index in [0.29, 0.717) is 0 Å². The quantitative estimate of drug-likeness (QED) is 0.816. The highest BCUT2D eigenvalue weighted by atomic mass is 32.1. The van der Waals surface area contributed by atoms with E-state index in [1.54, 1.807) is 6.92 Å². The van der Waals surface area contributed by atoms with Gasteiger partial charge in [-0.2, -0.15) is 0 Å². The van der Waals surface area contributed by atoms with Crippen molar-refractivity contribution >= 4 is 17.3 Å². The van der Waals surface area contributed by atoms with Crippen molar-refractivity contribution in [2.75, 3.05) is 6.61 Å². The van der Waals surface area contributed by atoms with Crippen molar-refractivity contribution in [3.8, 4) is 0 Å². The molecule has 2 rings (SSSR count). The molecule has 0 amide bonds. The Morgan fingerprint density at radius 1 is 1.71 bits per heavy atom. The maximum atomic E-state index is 10.8. The van der Waals surface area contributed by atoms with E-state index in [-0.39, 0.29) is 11.8 Å². The molecule has 1 aromatic rings. The van der Waals surface area contributed by atoms with Crippen LogP contribution in [0.25, 0.3) is 0 Å². The van der Waals surface area contributed by atoms with Crippen LogP contribution in [0.15, 0.2) is 0 Å². The van der Waals surface area contributed by atoms with Crippen LogP contribution in [0.1, 0.15) is 39.3 Å². The highest BCUT2D eigenvalue weighted by Gasteiger charge is 2.24. The zero-order chi connectivity index (χ0) is 10.1. The first-order valence-electron chi connectivity index (χ1n) is 4.50. The second-order valence-electron chi connectivity index (χ2n) is 3.26. The van der Waals surface area contributed by atoms with Crippen molar-refractivity contribution in [2.45, 2.75) is 25.9 Å². The molecule has 1 unspecified atom stereocenters. The van der Waals surface area contributed by atoms with Crippen molar-refractivity contribution in [3.05, 3.63) is 15.6 Å². The Labute approximate surface area is 85.5 Å². The lowest BCUT2D eigenvalue weighted by atomic mass is 10.2. The Morgan fingerprint density at radius 3 is 3.00 bits per heavy atom. The van der Waals surface area contributed by atoms with E-state index in [4.69, 9.17) is 9.84 Å². The number of aromatic nitrogens is 1. The number of aryl methyl sites for hydroxylation is 1. The Kier molecular flexibility index (Phi) is 2.52. The summed E-state index contributed by atoms with van der Waals surface area (Å²) in [6, 6.07) is 0. The van der Waals surface area contributed by atoms with Crippen molar-refractivity contribution in [1.29, 1.82) is 0 Å². The molecule has 2 heterocycles. The van der Waals surface area contributed by atoms with Gasteiger partial charge in [0.1, 0.15) is 11.1 Å². The Balaban J connectivity index is 2.27. The van der Waals surface area contributed by atoms with Gasteiger partial charge in [-0.3, -0.25) is 0 Å². The lowest BCUT2D eigenvalue weighted by Crippen LogP contribution is -2.00. The SMILES string of the molecule is Cc1sc(C2CCCO2)nc1C(=O)O. The molecule has 5 heteroatoms. The minimum absolute atomic E-state index is 0.0202. The molecule has 0 bridgehead atoms. The first-order chi connectivity index (χ1) is 6.68. The van der Waals surface area contributed by atoms with Crippen LogP contribution < -0.4 is 0 Å². The van der Waals surface area contributed by atoms with Crippen LogP contribution in [-0.4, -0.2) is 22.7 Å². The molecule has 1 atom stereocenters. The minimum atomic E-state index is -0.956. The number of hydrogen-bond acceptors (Lipinski definition) is 4. The highest BCUT2D eigenvalue weighted by Crippen LogP contribution is 2.32. The number of carbonyl (C=O) groups is 1. The van der Waals surface area contributed by atoms with Crippen LogP contribution in [0.5, 0.6) is 0 Å². The largest absolute Gasteiger partial charge is 0.476 e. The number of ether oxygens (including phenoxy) is 1. The lowest BCUT2D eigenvalue weighted by Gasteiger charge is -2.02. The monoisotopic (exact) mass is 213 g/mol. The number of thiazole rings is 1. The molecule has 76 valence electrons. The van der Waals surface area contributed by atoms with Crippen molar-refractivity contribution < 1.29 is 14.6 Å². The number of rotatable bonds is 2. The van der Waals surface area contributed by atoms with Crippen molar-refractivity contribution in [3.63, 3.8) is 0 Å². The van der Waals surface area contributed by atoms with Crippen molar-refractivity contribution in [2.24, 2.45) is 0 Å². The van der Waals surface area contributed by atoms with Crippen LogP contribution in [0.2, 0.25) is 0 Å². The van der Waals surface area contributed by atoms with E-state index in [1.807, 2.05) is 0 Å². The van der Waals surface area contributed by atoms with Gasteiger partial charge in [0.2, 0.25) is 0 Å². The van der Waals surface area contributed by atoms with Gasteiger partial charge in [0.15, 0.2) is 5.69 Å². The fourth-order valence-corrected chi connectivity index (χ4v) is 2.52. The number of nitrogens with zero attached hydrogens (tertiary/aromatic N) is 1. The van der Waals surface area contributed by atoms with Gasteiger partial charge in [-0.1, -0.05) is 0 Å². The van der Waals surface area contributed by atoms with E-state index in [0.717, 1.165) is 29.3 Å². The molecule has 1 aliphatic rings. The van der Waals surface area contributed by atoms with Gasteiger partial charge in [-0.05, 0) is 19.8 Å². The van der Waals surface area contributed by atoms with Gasteiger partial charge < -0.3 is 9.84 Å². The van der Waals surface area contributed by atoms with Gasteiger partial charge in [0.25, 0.3) is 0 Å². The highest BCUT2D eigenvalue weighted by molar-refractivity contribution is 7.11. The maximum Gasteiger partial charge on any atom is 0.355 e.